The lowest BCUT2D eigenvalue weighted by molar-refractivity contribution is -0.140. The van der Waals surface area contributed by atoms with Gasteiger partial charge >= 0.3 is 0 Å². The van der Waals surface area contributed by atoms with Crippen molar-refractivity contribution in [2.75, 3.05) is 6.61 Å². The van der Waals surface area contributed by atoms with E-state index in [2.05, 4.69) is 0 Å². The highest BCUT2D eigenvalue weighted by atomic mass is 16.8. The molecule has 0 aromatic heterocycles. The Hall–Kier alpha value is -1.23. The number of hydrogen-bond acceptors (Lipinski definition) is 4. The van der Waals surface area contributed by atoms with E-state index >= 15 is 0 Å². The topological polar surface area (TPSA) is 48.1 Å². The Kier molecular flexibility index (Phi) is 2.73. The molecule has 2 heterocycles. The van der Waals surface area contributed by atoms with Crippen LogP contribution in [0.4, 0.5) is 0 Å². The number of carbonyl (C=O) groups is 1. The SMILES string of the molecule is CC1(C)OC[C@H]([C@H]2O[C@H]2C(=O)c2ccccc2)O1. The second kappa shape index (κ2) is 4.16. The molecule has 1 aromatic rings. The maximum atomic E-state index is 12.1. The van der Waals surface area contributed by atoms with Gasteiger partial charge in [0.05, 0.1) is 6.61 Å². The van der Waals surface area contributed by atoms with Crippen molar-refractivity contribution >= 4 is 5.78 Å². The van der Waals surface area contributed by atoms with Crippen molar-refractivity contribution in [1.82, 2.24) is 0 Å². The summed E-state index contributed by atoms with van der Waals surface area (Å²) in [5.74, 6) is -0.550. The van der Waals surface area contributed by atoms with Gasteiger partial charge in [-0.1, -0.05) is 30.3 Å². The minimum atomic E-state index is -0.572. The third-order valence-corrected chi connectivity index (χ3v) is 3.24. The summed E-state index contributed by atoms with van der Waals surface area (Å²) in [6.45, 7) is 4.21. The van der Waals surface area contributed by atoms with Gasteiger partial charge in [-0.2, -0.15) is 0 Å². The lowest BCUT2D eigenvalue weighted by atomic mass is 10.0. The highest BCUT2D eigenvalue weighted by Crippen LogP contribution is 2.36. The summed E-state index contributed by atoms with van der Waals surface area (Å²) in [5.41, 5.74) is 0.683. The molecule has 0 spiro atoms. The Balaban J connectivity index is 1.63. The Morgan fingerprint density at radius 2 is 2.00 bits per heavy atom. The zero-order valence-corrected chi connectivity index (χ0v) is 10.5. The monoisotopic (exact) mass is 248 g/mol. The van der Waals surface area contributed by atoms with E-state index in [9.17, 15) is 4.79 Å². The Morgan fingerprint density at radius 3 is 2.61 bits per heavy atom. The fourth-order valence-electron chi connectivity index (χ4n) is 2.26. The van der Waals surface area contributed by atoms with E-state index < -0.39 is 5.79 Å². The molecule has 0 amide bonds. The minimum Gasteiger partial charge on any atom is -0.358 e. The van der Waals surface area contributed by atoms with Crippen LogP contribution in [0.25, 0.3) is 0 Å². The van der Waals surface area contributed by atoms with Gasteiger partial charge in [0.15, 0.2) is 11.6 Å². The van der Waals surface area contributed by atoms with Crippen LogP contribution in [-0.2, 0) is 14.2 Å². The molecule has 96 valence electrons. The van der Waals surface area contributed by atoms with Gasteiger partial charge in [0, 0.05) is 5.56 Å². The van der Waals surface area contributed by atoms with Gasteiger partial charge in [0.25, 0.3) is 0 Å². The van der Waals surface area contributed by atoms with Crippen molar-refractivity contribution in [2.24, 2.45) is 0 Å². The van der Waals surface area contributed by atoms with Gasteiger partial charge in [-0.3, -0.25) is 4.79 Å². The number of carbonyl (C=O) groups excluding carboxylic acids is 1. The summed E-state index contributed by atoms with van der Waals surface area (Å²) in [5, 5.41) is 0. The van der Waals surface area contributed by atoms with Crippen LogP contribution in [0.3, 0.4) is 0 Å². The van der Waals surface area contributed by atoms with E-state index in [0.29, 0.717) is 12.2 Å². The number of benzene rings is 1. The van der Waals surface area contributed by atoms with Crippen LogP contribution in [0.15, 0.2) is 30.3 Å². The lowest BCUT2D eigenvalue weighted by Gasteiger charge is -2.16. The van der Waals surface area contributed by atoms with Crippen LogP contribution >= 0.6 is 0 Å². The molecule has 2 aliphatic rings. The van der Waals surface area contributed by atoms with E-state index in [1.54, 1.807) is 12.1 Å². The highest BCUT2D eigenvalue weighted by molar-refractivity contribution is 6.01. The Morgan fingerprint density at radius 1 is 1.28 bits per heavy atom. The van der Waals surface area contributed by atoms with Crippen LogP contribution in [-0.4, -0.2) is 36.5 Å². The molecule has 0 bridgehead atoms. The molecule has 4 nitrogen and oxygen atoms in total. The molecular formula is C14H16O4. The second-order valence-electron chi connectivity index (χ2n) is 5.12. The molecule has 3 atom stereocenters. The van der Waals surface area contributed by atoms with Crippen molar-refractivity contribution in [3.63, 3.8) is 0 Å². The van der Waals surface area contributed by atoms with Crippen molar-refractivity contribution in [2.45, 2.75) is 37.9 Å². The van der Waals surface area contributed by atoms with Crippen molar-refractivity contribution in [3.05, 3.63) is 35.9 Å². The maximum absolute atomic E-state index is 12.1. The van der Waals surface area contributed by atoms with E-state index in [-0.39, 0.29) is 24.1 Å². The standard InChI is InChI=1S/C14H16O4/c1-14(2)16-8-10(18-14)12-13(17-12)11(15)9-6-4-3-5-7-9/h3-7,10,12-13H,8H2,1-2H3/t10-,12-,13+/m1/s1. The highest BCUT2D eigenvalue weighted by Gasteiger charge is 2.54. The molecule has 18 heavy (non-hydrogen) atoms. The molecule has 1 aromatic carbocycles. The van der Waals surface area contributed by atoms with Crippen LogP contribution in [0.1, 0.15) is 24.2 Å². The summed E-state index contributed by atoms with van der Waals surface area (Å²) in [4.78, 5) is 12.1. The van der Waals surface area contributed by atoms with Gasteiger partial charge in [0.2, 0.25) is 0 Å². The summed E-state index contributed by atoms with van der Waals surface area (Å²) in [7, 11) is 0. The minimum absolute atomic E-state index is 0.0221. The summed E-state index contributed by atoms with van der Waals surface area (Å²) < 4.78 is 16.6. The fraction of sp³-hybridized carbons (Fsp3) is 0.500. The average molecular weight is 248 g/mol. The average Bonchev–Trinajstić information content (AvgIpc) is 3.08. The molecule has 0 unspecified atom stereocenters. The normalized spacial score (nSPS) is 33.3. The van der Waals surface area contributed by atoms with Crippen LogP contribution < -0.4 is 0 Å². The predicted molar refractivity (Wildman–Crippen MR) is 64.3 cm³/mol. The zero-order valence-electron chi connectivity index (χ0n) is 10.5. The molecular weight excluding hydrogens is 232 g/mol. The summed E-state index contributed by atoms with van der Waals surface area (Å²) in [6, 6.07) is 9.19. The van der Waals surface area contributed by atoms with Crippen molar-refractivity contribution in [3.8, 4) is 0 Å². The van der Waals surface area contributed by atoms with Gasteiger partial charge < -0.3 is 14.2 Å². The van der Waals surface area contributed by atoms with Gasteiger partial charge in [-0.05, 0) is 13.8 Å². The van der Waals surface area contributed by atoms with E-state index in [1.165, 1.54) is 0 Å². The molecule has 0 N–H and O–H groups in total. The lowest BCUT2D eigenvalue weighted by Crippen LogP contribution is -2.26. The Labute approximate surface area is 106 Å². The van der Waals surface area contributed by atoms with Crippen LogP contribution in [0.5, 0.6) is 0 Å². The molecule has 0 radical (unpaired) electrons. The summed E-state index contributed by atoms with van der Waals surface area (Å²) in [6.07, 6.45) is -0.688. The third-order valence-electron chi connectivity index (χ3n) is 3.24. The number of rotatable bonds is 3. The molecule has 3 rings (SSSR count). The van der Waals surface area contributed by atoms with Crippen molar-refractivity contribution < 1.29 is 19.0 Å². The molecule has 2 saturated heterocycles. The molecule has 2 aliphatic heterocycles. The van der Waals surface area contributed by atoms with Gasteiger partial charge in [0.1, 0.15) is 18.3 Å². The number of ketones is 1. The first-order chi connectivity index (χ1) is 8.57. The fourth-order valence-corrected chi connectivity index (χ4v) is 2.26. The third kappa shape index (κ3) is 2.19. The molecule has 4 heteroatoms. The van der Waals surface area contributed by atoms with E-state index in [4.69, 9.17) is 14.2 Å². The number of epoxide rings is 1. The van der Waals surface area contributed by atoms with Crippen LogP contribution in [0.2, 0.25) is 0 Å². The van der Waals surface area contributed by atoms with Gasteiger partial charge in [-0.25, -0.2) is 0 Å². The first-order valence-corrected chi connectivity index (χ1v) is 6.13. The largest absolute Gasteiger partial charge is 0.358 e. The maximum Gasteiger partial charge on any atom is 0.194 e. The molecule has 2 fully saturated rings. The second-order valence-corrected chi connectivity index (χ2v) is 5.12. The number of ether oxygens (including phenoxy) is 3. The van der Waals surface area contributed by atoms with Crippen molar-refractivity contribution in [1.29, 1.82) is 0 Å². The van der Waals surface area contributed by atoms with E-state index in [0.717, 1.165) is 0 Å². The zero-order chi connectivity index (χ0) is 12.8. The summed E-state index contributed by atoms with van der Waals surface area (Å²) >= 11 is 0. The molecule has 0 aliphatic carbocycles. The number of hydrogen-bond donors (Lipinski definition) is 0. The predicted octanol–water partition coefficient (Wildman–Crippen LogP) is 1.79. The smallest absolute Gasteiger partial charge is 0.194 e. The first kappa shape index (κ1) is 11.8. The van der Waals surface area contributed by atoms with Crippen LogP contribution in [0, 0.1) is 0 Å². The Bertz CT molecular complexity index is 454. The molecule has 0 saturated carbocycles. The quantitative estimate of drug-likeness (QED) is 0.604. The van der Waals surface area contributed by atoms with Gasteiger partial charge in [-0.15, -0.1) is 0 Å². The number of Topliss-reactive ketones (excluding diaryl/α,β-unsaturated/α-hetero) is 1. The van der Waals surface area contributed by atoms with E-state index in [1.807, 2.05) is 32.0 Å². The first-order valence-electron chi connectivity index (χ1n) is 6.13.